The number of nitrogens with one attached hydrogen (secondary N) is 1. The van der Waals surface area contributed by atoms with E-state index in [0.717, 1.165) is 17.0 Å². The van der Waals surface area contributed by atoms with Gasteiger partial charge in [-0.25, -0.2) is 0 Å². The number of methoxy groups -OCH3 is 1. The fourth-order valence-electron chi connectivity index (χ4n) is 3.21. The van der Waals surface area contributed by atoms with Gasteiger partial charge in [0.05, 0.1) is 24.0 Å². The molecule has 1 N–H and O–H groups in total. The number of amides is 1. The lowest BCUT2D eigenvalue weighted by Gasteiger charge is -2.14. The van der Waals surface area contributed by atoms with E-state index in [-0.39, 0.29) is 5.91 Å². The topological polar surface area (TPSA) is 92.8 Å². The first-order valence-corrected chi connectivity index (χ1v) is 11.1. The van der Waals surface area contributed by atoms with Gasteiger partial charge in [0.25, 0.3) is 0 Å². The van der Waals surface area contributed by atoms with Gasteiger partial charge >= 0.3 is 0 Å². The van der Waals surface area contributed by atoms with Crippen LogP contribution in [0.1, 0.15) is 12.5 Å². The number of anilines is 1. The molecule has 1 unspecified atom stereocenters. The summed E-state index contributed by atoms with van der Waals surface area (Å²) in [7, 11) is 1.62. The van der Waals surface area contributed by atoms with E-state index in [9.17, 15) is 4.79 Å². The minimum atomic E-state index is -0.458. The number of aromatic nitrogens is 3. The molecule has 0 saturated heterocycles. The van der Waals surface area contributed by atoms with E-state index in [0.29, 0.717) is 22.2 Å². The van der Waals surface area contributed by atoms with Crippen molar-refractivity contribution in [3.05, 3.63) is 84.4 Å². The van der Waals surface area contributed by atoms with E-state index in [1.165, 1.54) is 11.8 Å². The molecule has 1 aromatic heterocycles. The van der Waals surface area contributed by atoms with E-state index < -0.39 is 5.25 Å². The van der Waals surface area contributed by atoms with Crippen molar-refractivity contribution in [3.8, 4) is 28.9 Å². The molecule has 0 aliphatic rings. The monoisotopic (exact) mass is 455 g/mol. The highest BCUT2D eigenvalue weighted by Gasteiger charge is 2.22. The van der Waals surface area contributed by atoms with Gasteiger partial charge in [0, 0.05) is 16.9 Å². The number of carbonyl (C=O) groups excluding carboxylic acids is 1. The Morgan fingerprint density at radius 2 is 1.82 bits per heavy atom. The van der Waals surface area contributed by atoms with E-state index in [1.807, 2.05) is 66.1 Å². The summed E-state index contributed by atoms with van der Waals surface area (Å²) >= 11 is 1.31. The molecule has 0 bridgehead atoms. The SMILES string of the molecule is COc1ccc(-n2c(SC(C)C(=O)Nc3cccc(C#N)c3)nnc2-c2ccccc2)cc1. The number of hydrogen-bond donors (Lipinski definition) is 1. The highest BCUT2D eigenvalue weighted by Crippen LogP contribution is 2.31. The second kappa shape index (κ2) is 10.0. The third-order valence-corrected chi connectivity index (χ3v) is 5.95. The van der Waals surface area contributed by atoms with Crippen molar-refractivity contribution in [2.75, 3.05) is 12.4 Å². The lowest BCUT2D eigenvalue weighted by Crippen LogP contribution is -2.23. The van der Waals surface area contributed by atoms with Crippen LogP contribution in [0.4, 0.5) is 5.69 Å². The predicted octanol–water partition coefficient (Wildman–Crippen LogP) is 4.93. The first-order valence-electron chi connectivity index (χ1n) is 10.2. The van der Waals surface area contributed by atoms with Crippen LogP contribution in [0.3, 0.4) is 0 Å². The van der Waals surface area contributed by atoms with Crippen LogP contribution < -0.4 is 10.1 Å². The molecule has 164 valence electrons. The van der Waals surface area contributed by atoms with E-state index in [1.54, 1.807) is 31.4 Å². The fraction of sp³-hybridized carbons (Fsp3) is 0.120. The molecule has 0 fully saturated rings. The van der Waals surface area contributed by atoms with E-state index >= 15 is 0 Å². The lowest BCUT2D eigenvalue weighted by molar-refractivity contribution is -0.115. The van der Waals surface area contributed by atoms with Crippen molar-refractivity contribution < 1.29 is 9.53 Å². The highest BCUT2D eigenvalue weighted by atomic mass is 32.2. The molecule has 0 aliphatic heterocycles. The molecule has 3 aromatic carbocycles. The van der Waals surface area contributed by atoms with E-state index in [2.05, 4.69) is 21.6 Å². The lowest BCUT2D eigenvalue weighted by atomic mass is 10.2. The van der Waals surface area contributed by atoms with Gasteiger partial charge in [0.2, 0.25) is 5.91 Å². The Labute approximate surface area is 196 Å². The van der Waals surface area contributed by atoms with Crippen molar-refractivity contribution >= 4 is 23.4 Å². The average molecular weight is 456 g/mol. The minimum Gasteiger partial charge on any atom is -0.497 e. The Hall–Kier alpha value is -4.09. The fourth-order valence-corrected chi connectivity index (χ4v) is 4.07. The number of carbonyl (C=O) groups is 1. The van der Waals surface area contributed by atoms with Gasteiger partial charge in [-0.15, -0.1) is 10.2 Å². The molecule has 33 heavy (non-hydrogen) atoms. The number of ether oxygens (including phenoxy) is 1. The summed E-state index contributed by atoms with van der Waals surface area (Å²) in [6.07, 6.45) is 0. The van der Waals surface area contributed by atoms with Crippen LogP contribution in [-0.4, -0.2) is 33.0 Å². The minimum absolute atomic E-state index is 0.194. The standard InChI is InChI=1S/C25H21N5O2S/c1-17(24(31)27-20-10-6-7-18(15-20)16-26)33-25-29-28-23(19-8-4-3-5-9-19)30(25)21-11-13-22(32-2)14-12-21/h3-15,17H,1-2H3,(H,27,31). The molecular weight excluding hydrogens is 434 g/mol. The average Bonchev–Trinajstić information content (AvgIpc) is 3.28. The second-order valence-electron chi connectivity index (χ2n) is 7.15. The third kappa shape index (κ3) is 5.05. The highest BCUT2D eigenvalue weighted by molar-refractivity contribution is 8.00. The number of benzene rings is 3. The molecule has 0 saturated carbocycles. The third-order valence-electron chi connectivity index (χ3n) is 4.91. The summed E-state index contributed by atoms with van der Waals surface area (Å²) in [5.74, 6) is 1.23. The quantitative estimate of drug-likeness (QED) is 0.397. The van der Waals surface area contributed by atoms with Crippen molar-refractivity contribution in [2.45, 2.75) is 17.3 Å². The Kier molecular flexibility index (Phi) is 6.72. The van der Waals surface area contributed by atoms with Gasteiger partial charge < -0.3 is 10.1 Å². The van der Waals surface area contributed by atoms with Crippen LogP contribution in [0.25, 0.3) is 17.1 Å². The Bertz CT molecular complexity index is 1300. The number of hydrogen-bond acceptors (Lipinski definition) is 6. The maximum atomic E-state index is 12.8. The maximum Gasteiger partial charge on any atom is 0.237 e. The van der Waals surface area contributed by atoms with Gasteiger partial charge in [0.15, 0.2) is 11.0 Å². The summed E-state index contributed by atoms with van der Waals surface area (Å²) in [4.78, 5) is 12.8. The Morgan fingerprint density at radius 1 is 1.06 bits per heavy atom. The van der Waals surface area contributed by atoms with Crippen LogP contribution in [0.2, 0.25) is 0 Å². The van der Waals surface area contributed by atoms with Crippen molar-refractivity contribution in [1.29, 1.82) is 5.26 Å². The molecule has 0 spiro atoms. The summed E-state index contributed by atoms with van der Waals surface area (Å²) in [5.41, 5.74) is 2.84. The first kappa shape index (κ1) is 22.1. The van der Waals surface area contributed by atoms with Gasteiger partial charge in [0.1, 0.15) is 5.75 Å². The molecule has 4 aromatic rings. The number of rotatable bonds is 7. The van der Waals surface area contributed by atoms with Gasteiger partial charge in [-0.05, 0) is 49.4 Å². The molecule has 7 nitrogen and oxygen atoms in total. The van der Waals surface area contributed by atoms with Crippen LogP contribution in [-0.2, 0) is 4.79 Å². The zero-order valence-electron chi connectivity index (χ0n) is 18.1. The molecule has 1 amide bonds. The Morgan fingerprint density at radius 3 is 2.52 bits per heavy atom. The van der Waals surface area contributed by atoms with Crippen LogP contribution >= 0.6 is 11.8 Å². The van der Waals surface area contributed by atoms with Crippen LogP contribution in [0.15, 0.2) is 84.0 Å². The normalized spacial score (nSPS) is 11.4. The predicted molar refractivity (Wildman–Crippen MR) is 128 cm³/mol. The Balaban J connectivity index is 1.63. The van der Waals surface area contributed by atoms with Crippen molar-refractivity contribution in [1.82, 2.24) is 14.8 Å². The van der Waals surface area contributed by atoms with Gasteiger partial charge in [-0.3, -0.25) is 9.36 Å². The molecule has 4 rings (SSSR count). The molecule has 1 atom stereocenters. The van der Waals surface area contributed by atoms with E-state index in [4.69, 9.17) is 10.00 Å². The first-order chi connectivity index (χ1) is 16.1. The smallest absolute Gasteiger partial charge is 0.237 e. The summed E-state index contributed by atoms with van der Waals surface area (Å²) in [6.45, 7) is 1.81. The van der Waals surface area contributed by atoms with Gasteiger partial charge in [-0.2, -0.15) is 5.26 Å². The maximum absolute atomic E-state index is 12.8. The summed E-state index contributed by atoms with van der Waals surface area (Å²) in [6, 6.07) is 26.3. The summed E-state index contributed by atoms with van der Waals surface area (Å²) < 4.78 is 7.21. The largest absolute Gasteiger partial charge is 0.497 e. The zero-order valence-corrected chi connectivity index (χ0v) is 18.9. The molecule has 0 aliphatic carbocycles. The number of nitrogens with zero attached hydrogens (tertiary/aromatic N) is 4. The zero-order chi connectivity index (χ0) is 23.2. The van der Waals surface area contributed by atoms with Crippen LogP contribution in [0.5, 0.6) is 5.75 Å². The molecule has 8 heteroatoms. The molecule has 1 heterocycles. The summed E-state index contributed by atoms with van der Waals surface area (Å²) in [5, 5.41) is 20.9. The number of nitriles is 1. The van der Waals surface area contributed by atoms with Crippen molar-refractivity contribution in [2.24, 2.45) is 0 Å². The second-order valence-corrected chi connectivity index (χ2v) is 8.46. The number of thioether (sulfide) groups is 1. The molecular formula is C25H21N5O2S. The van der Waals surface area contributed by atoms with Gasteiger partial charge in [-0.1, -0.05) is 48.2 Å². The van der Waals surface area contributed by atoms with Crippen LogP contribution in [0, 0.1) is 11.3 Å². The van der Waals surface area contributed by atoms with Crippen molar-refractivity contribution in [3.63, 3.8) is 0 Å². The molecule has 0 radical (unpaired) electrons.